The summed E-state index contributed by atoms with van der Waals surface area (Å²) in [5, 5.41) is 7.26. The first-order valence-corrected chi connectivity index (χ1v) is 19.5. The van der Waals surface area contributed by atoms with Crippen molar-refractivity contribution < 1.29 is 4.42 Å². The molecule has 57 heavy (non-hydrogen) atoms. The number of benzene rings is 9. The van der Waals surface area contributed by atoms with Gasteiger partial charge in [0.2, 0.25) is 0 Å². The predicted octanol–water partition coefficient (Wildman–Crippen LogP) is 14.8. The smallest absolute Gasteiger partial charge is 0.135 e. The van der Waals surface area contributed by atoms with Gasteiger partial charge < -0.3 is 13.6 Å². The zero-order valence-electron chi connectivity index (χ0n) is 30.9. The molecule has 0 bridgehead atoms. The highest BCUT2D eigenvalue weighted by Gasteiger charge is 2.16. The van der Waals surface area contributed by atoms with Gasteiger partial charge in [0, 0.05) is 43.7 Å². The van der Waals surface area contributed by atoms with Gasteiger partial charge in [-0.2, -0.15) is 0 Å². The maximum atomic E-state index is 6.41. The molecular weight excluding hydrogens is 693 g/mol. The van der Waals surface area contributed by atoms with Gasteiger partial charge in [0.05, 0.1) is 22.1 Å². The SMILES string of the molecule is c1ccc(-n2c3ccccc3c3cc(-c4cccc(-c5ccc6oc7ccc(-c8cccc(-n9c%10ccccc%10c%10ccccc%109)c8)cc7c6c5)c4)ccc32)cc1. The van der Waals surface area contributed by atoms with Crippen LogP contribution in [0.2, 0.25) is 0 Å². The Balaban J connectivity index is 0.932. The van der Waals surface area contributed by atoms with Crippen LogP contribution in [0.15, 0.2) is 211 Å². The molecule has 0 atom stereocenters. The number of hydrogen-bond donors (Lipinski definition) is 0. The van der Waals surface area contributed by atoms with Gasteiger partial charge in [-0.15, -0.1) is 0 Å². The molecule has 12 aromatic rings. The number of hydrogen-bond acceptors (Lipinski definition) is 1. The quantitative estimate of drug-likeness (QED) is 0.173. The number of nitrogens with zero attached hydrogens (tertiary/aromatic N) is 2. The van der Waals surface area contributed by atoms with E-state index in [0.29, 0.717) is 0 Å². The van der Waals surface area contributed by atoms with E-state index < -0.39 is 0 Å². The van der Waals surface area contributed by atoms with E-state index in [9.17, 15) is 0 Å². The minimum absolute atomic E-state index is 0.890. The summed E-state index contributed by atoms with van der Waals surface area (Å²) in [6.45, 7) is 0. The summed E-state index contributed by atoms with van der Waals surface area (Å²) >= 11 is 0. The summed E-state index contributed by atoms with van der Waals surface area (Å²) in [5.41, 5.74) is 16.0. The third-order valence-electron chi connectivity index (χ3n) is 11.7. The van der Waals surface area contributed by atoms with Gasteiger partial charge in [0.25, 0.3) is 0 Å². The van der Waals surface area contributed by atoms with Crippen molar-refractivity contribution >= 4 is 65.6 Å². The third kappa shape index (κ3) is 4.99. The molecule has 0 saturated carbocycles. The van der Waals surface area contributed by atoms with Crippen LogP contribution < -0.4 is 0 Å². The lowest BCUT2D eigenvalue weighted by Gasteiger charge is -2.10. The van der Waals surface area contributed by atoms with Gasteiger partial charge >= 0.3 is 0 Å². The van der Waals surface area contributed by atoms with E-state index in [0.717, 1.165) is 38.8 Å². The molecule has 0 fully saturated rings. The summed E-state index contributed by atoms with van der Waals surface area (Å²) in [6.07, 6.45) is 0. The van der Waals surface area contributed by atoms with Crippen molar-refractivity contribution in [3.63, 3.8) is 0 Å². The largest absolute Gasteiger partial charge is 0.456 e. The Kier molecular flexibility index (Phi) is 6.93. The van der Waals surface area contributed by atoms with Gasteiger partial charge in [-0.25, -0.2) is 0 Å². The van der Waals surface area contributed by atoms with E-state index in [-0.39, 0.29) is 0 Å². The Bertz CT molecular complexity index is 3470. The van der Waals surface area contributed by atoms with Crippen LogP contribution in [-0.2, 0) is 0 Å². The van der Waals surface area contributed by atoms with E-state index in [2.05, 4.69) is 215 Å². The lowest BCUT2D eigenvalue weighted by atomic mass is 9.96. The van der Waals surface area contributed by atoms with Crippen LogP contribution in [0.25, 0.3) is 110 Å². The molecule has 0 aliphatic rings. The van der Waals surface area contributed by atoms with E-state index in [1.165, 1.54) is 71.6 Å². The van der Waals surface area contributed by atoms with Crippen LogP contribution in [-0.4, -0.2) is 9.13 Å². The van der Waals surface area contributed by atoms with Crippen molar-refractivity contribution in [3.8, 4) is 44.8 Å². The van der Waals surface area contributed by atoms with Crippen molar-refractivity contribution in [1.29, 1.82) is 0 Å². The van der Waals surface area contributed by atoms with Crippen LogP contribution >= 0.6 is 0 Å². The molecule has 9 aromatic carbocycles. The first kappa shape index (κ1) is 31.7. The fourth-order valence-electron chi connectivity index (χ4n) is 9.05. The van der Waals surface area contributed by atoms with E-state index >= 15 is 0 Å². The summed E-state index contributed by atoms with van der Waals surface area (Å²) in [6, 6.07) is 74.5. The lowest BCUT2D eigenvalue weighted by Crippen LogP contribution is -1.94. The third-order valence-corrected chi connectivity index (χ3v) is 11.7. The molecule has 0 N–H and O–H groups in total. The fraction of sp³-hybridized carbons (Fsp3) is 0. The number of fused-ring (bicyclic) bond motifs is 9. The van der Waals surface area contributed by atoms with Gasteiger partial charge in [-0.1, -0.05) is 121 Å². The highest BCUT2D eigenvalue weighted by atomic mass is 16.3. The molecule has 0 radical (unpaired) electrons. The van der Waals surface area contributed by atoms with Crippen molar-refractivity contribution in [2.45, 2.75) is 0 Å². The molecule has 0 spiro atoms. The Labute approximate surface area is 328 Å². The Morgan fingerprint density at radius 3 is 1.25 bits per heavy atom. The Hall–Kier alpha value is -7.62. The van der Waals surface area contributed by atoms with Crippen LogP contribution in [0.3, 0.4) is 0 Å². The minimum atomic E-state index is 0.890. The highest BCUT2D eigenvalue weighted by Crippen LogP contribution is 2.39. The normalized spacial score (nSPS) is 11.9. The second kappa shape index (κ2) is 12.5. The van der Waals surface area contributed by atoms with Crippen molar-refractivity contribution in [2.24, 2.45) is 0 Å². The Morgan fingerprint density at radius 2 is 0.649 bits per heavy atom. The fourth-order valence-corrected chi connectivity index (χ4v) is 9.05. The van der Waals surface area contributed by atoms with Crippen LogP contribution in [0, 0.1) is 0 Å². The monoisotopic (exact) mass is 726 g/mol. The maximum Gasteiger partial charge on any atom is 0.135 e. The van der Waals surface area contributed by atoms with Gasteiger partial charge in [0.15, 0.2) is 0 Å². The van der Waals surface area contributed by atoms with Crippen molar-refractivity contribution in [1.82, 2.24) is 9.13 Å². The molecule has 0 unspecified atom stereocenters. The van der Waals surface area contributed by atoms with Gasteiger partial charge in [-0.3, -0.25) is 0 Å². The topological polar surface area (TPSA) is 23.0 Å². The molecular formula is C54H34N2O. The lowest BCUT2D eigenvalue weighted by molar-refractivity contribution is 0.669. The molecule has 266 valence electrons. The van der Waals surface area contributed by atoms with Gasteiger partial charge in [-0.05, 0) is 118 Å². The molecule has 0 aliphatic heterocycles. The summed E-state index contributed by atoms with van der Waals surface area (Å²) in [7, 11) is 0. The number of aromatic nitrogens is 2. The average Bonchev–Trinajstić information content (AvgIpc) is 3.94. The number of para-hydroxylation sites is 4. The predicted molar refractivity (Wildman–Crippen MR) is 239 cm³/mol. The minimum Gasteiger partial charge on any atom is -0.456 e. The number of rotatable bonds is 5. The first-order chi connectivity index (χ1) is 28.2. The van der Waals surface area contributed by atoms with Crippen LogP contribution in [0.5, 0.6) is 0 Å². The van der Waals surface area contributed by atoms with E-state index in [1.807, 2.05) is 0 Å². The van der Waals surface area contributed by atoms with Gasteiger partial charge in [0.1, 0.15) is 11.2 Å². The molecule has 0 aliphatic carbocycles. The summed E-state index contributed by atoms with van der Waals surface area (Å²) < 4.78 is 11.2. The van der Waals surface area contributed by atoms with E-state index in [1.54, 1.807) is 0 Å². The van der Waals surface area contributed by atoms with Crippen molar-refractivity contribution in [2.75, 3.05) is 0 Å². The first-order valence-electron chi connectivity index (χ1n) is 19.5. The molecule has 12 rings (SSSR count). The molecule has 3 heterocycles. The second-order valence-corrected chi connectivity index (χ2v) is 14.9. The molecule has 3 nitrogen and oxygen atoms in total. The molecule has 0 amide bonds. The Morgan fingerprint density at radius 1 is 0.246 bits per heavy atom. The second-order valence-electron chi connectivity index (χ2n) is 14.9. The molecule has 3 heteroatoms. The van der Waals surface area contributed by atoms with Crippen LogP contribution in [0.1, 0.15) is 0 Å². The van der Waals surface area contributed by atoms with Crippen LogP contribution in [0.4, 0.5) is 0 Å². The molecule has 3 aromatic heterocycles. The zero-order valence-corrected chi connectivity index (χ0v) is 30.9. The molecule has 0 saturated heterocycles. The highest BCUT2D eigenvalue weighted by molar-refractivity contribution is 6.12. The average molecular weight is 727 g/mol. The zero-order chi connectivity index (χ0) is 37.5. The maximum absolute atomic E-state index is 6.41. The summed E-state index contributed by atoms with van der Waals surface area (Å²) in [4.78, 5) is 0. The van der Waals surface area contributed by atoms with E-state index in [4.69, 9.17) is 4.42 Å². The number of furan rings is 1. The summed E-state index contributed by atoms with van der Waals surface area (Å²) in [5.74, 6) is 0. The van der Waals surface area contributed by atoms with Crippen molar-refractivity contribution in [3.05, 3.63) is 206 Å². The standard InChI is InChI=1S/C54H34N2O/c1-2-15-41(16-3-1)55-51-23-9-6-20-45(51)46-32-38(24-27-52(46)55)35-12-10-13-36(30-35)39-25-28-53-47(33-39)48-34-40(26-29-54(48)57-53)37-14-11-17-42(31-37)56-49-21-7-4-18-43(49)44-19-5-8-22-50(44)56/h1-34H.